The number of halogens is 3. The number of unbranched alkanes of at least 4 members (excludes halogenated alkanes) is 3. The number of anilines is 1. The van der Waals surface area contributed by atoms with Crippen molar-refractivity contribution in [1.29, 1.82) is 0 Å². The van der Waals surface area contributed by atoms with Crippen molar-refractivity contribution in [2.24, 2.45) is 11.7 Å². The number of piperazine rings is 1. The van der Waals surface area contributed by atoms with Crippen LogP contribution in [-0.4, -0.2) is 50.6 Å². The number of hydrogen-bond acceptors (Lipinski definition) is 4. The first kappa shape index (κ1) is 25.0. The highest BCUT2D eigenvalue weighted by Gasteiger charge is 2.32. The Hall–Kier alpha value is -2.25. The molecule has 1 unspecified atom stereocenters. The van der Waals surface area contributed by atoms with Crippen LogP contribution in [0.25, 0.3) is 0 Å². The number of sulfonamides is 1. The smallest absolute Gasteiger partial charge is 0.369 e. The van der Waals surface area contributed by atoms with E-state index in [0.717, 1.165) is 31.4 Å². The molecule has 1 fully saturated rings. The molecule has 1 amide bonds. The van der Waals surface area contributed by atoms with Gasteiger partial charge in [-0.15, -0.1) is 5.92 Å². The first-order chi connectivity index (χ1) is 14.5. The van der Waals surface area contributed by atoms with E-state index >= 15 is 0 Å². The summed E-state index contributed by atoms with van der Waals surface area (Å²) in [4.78, 5) is 13.5. The number of carbonyl (C=O) groups is 1. The van der Waals surface area contributed by atoms with Gasteiger partial charge in [-0.25, -0.2) is 8.42 Å². The third kappa shape index (κ3) is 7.43. The van der Waals surface area contributed by atoms with E-state index in [1.54, 1.807) is 0 Å². The van der Waals surface area contributed by atoms with E-state index in [2.05, 4.69) is 18.8 Å². The lowest BCUT2D eigenvalue weighted by atomic mass is 10.1. The molecule has 172 valence electrons. The molecule has 1 aliphatic rings. The molecule has 1 aromatic rings. The third-order valence-electron chi connectivity index (χ3n) is 5.09. The van der Waals surface area contributed by atoms with E-state index in [4.69, 9.17) is 5.73 Å². The second-order valence-electron chi connectivity index (χ2n) is 7.44. The molecule has 1 heterocycles. The van der Waals surface area contributed by atoms with Crippen molar-refractivity contribution < 1.29 is 26.4 Å². The van der Waals surface area contributed by atoms with Crippen LogP contribution in [0.3, 0.4) is 0 Å². The molecule has 1 aromatic carbocycles. The van der Waals surface area contributed by atoms with Gasteiger partial charge in [0.05, 0.1) is 11.3 Å². The van der Waals surface area contributed by atoms with Crippen molar-refractivity contribution in [1.82, 2.24) is 4.31 Å². The number of hydrogen-bond donors (Lipinski definition) is 1. The van der Waals surface area contributed by atoms with Crippen molar-refractivity contribution >= 4 is 21.6 Å². The van der Waals surface area contributed by atoms with Gasteiger partial charge in [-0.05, 0) is 30.7 Å². The lowest BCUT2D eigenvalue weighted by Gasteiger charge is -2.35. The lowest BCUT2D eigenvalue weighted by molar-refractivity contribution is -0.137. The Morgan fingerprint density at radius 2 is 1.74 bits per heavy atom. The zero-order chi connectivity index (χ0) is 23.1. The zero-order valence-electron chi connectivity index (χ0n) is 17.5. The number of primary amides is 1. The Bertz CT molecular complexity index is 898. The summed E-state index contributed by atoms with van der Waals surface area (Å²) in [5.41, 5.74) is 5.21. The third-order valence-corrected chi connectivity index (χ3v) is 7.00. The zero-order valence-corrected chi connectivity index (χ0v) is 18.3. The summed E-state index contributed by atoms with van der Waals surface area (Å²) in [6.45, 7) is 3.05. The molecule has 0 saturated carbocycles. The number of alkyl halides is 3. The number of carbonyl (C=O) groups excluding carboxylic acids is 1. The molecule has 10 heteroatoms. The SMILES string of the molecule is CCCCCC#CC(CS(=O)(=O)N1CCN(c2ccc(C(F)(F)F)cc2)CC1)C(N)=O. The monoisotopic (exact) mass is 459 g/mol. The van der Waals surface area contributed by atoms with Crippen LogP contribution in [0.5, 0.6) is 0 Å². The molecule has 1 saturated heterocycles. The quantitative estimate of drug-likeness (QED) is 0.479. The maximum atomic E-state index is 12.7. The van der Waals surface area contributed by atoms with Crippen LogP contribution in [0, 0.1) is 17.8 Å². The summed E-state index contributed by atoms with van der Waals surface area (Å²) < 4.78 is 64.9. The minimum atomic E-state index is -4.40. The Kier molecular flexibility index (Phi) is 8.77. The number of rotatable bonds is 8. The van der Waals surface area contributed by atoms with Gasteiger partial charge in [0.2, 0.25) is 15.9 Å². The van der Waals surface area contributed by atoms with E-state index in [-0.39, 0.29) is 13.1 Å². The average molecular weight is 460 g/mol. The molecule has 2 rings (SSSR count). The highest BCUT2D eigenvalue weighted by Crippen LogP contribution is 2.30. The number of benzene rings is 1. The topological polar surface area (TPSA) is 83.7 Å². The van der Waals surface area contributed by atoms with Crippen molar-refractivity contribution in [3.8, 4) is 11.8 Å². The van der Waals surface area contributed by atoms with Gasteiger partial charge in [-0.3, -0.25) is 4.79 Å². The maximum Gasteiger partial charge on any atom is 0.416 e. The first-order valence-corrected chi connectivity index (χ1v) is 11.8. The fourth-order valence-electron chi connectivity index (χ4n) is 3.26. The molecule has 0 radical (unpaired) electrons. The Morgan fingerprint density at radius 3 is 2.26 bits per heavy atom. The normalized spacial score (nSPS) is 16.5. The number of nitrogens with zero attached hydrogens (tertiary/aromatic N) is 2. The minimum absolute atomic E-state index is 0.165. The van der Waals surface area contributed by atoms with E-state index < -0.39 is 39.3 Å². The van der Waals surface area contributed by atoms with Crippen molar-refractivity contribution in [3.05, 3.63) is 29.8 Å². The molecule has 0 aromatic heterocycles. The molecule has 1 atom stereocenters. The number of nitrogens with two attached hydrogens (primary N) is 1. The molecule has 1 aliphatic heterocycles. The second kappa shape index (κ2) is 10.9. The molecule has 0 aliphatic carbocycles. The van der Waals surface area contributed by atoms with Crippen LogP contribution in [-0.2, 0) is 21.0 Å². The maximum absolute atomic E-state index is 12.7. The molecule has 0 bridgehead atoms. The van der Waals surface area contributed by atoms with Gasteiger partial charge in [-0.1, -0.05) is 25.7 Å². The summed E-state index contributed by atoms with van der Waals surface area (Å²) in [6.07, 6.45) is -0.885. The highest BCUT2D eigenvalue weighted by molar-refractivity contribution is 7.89. The van der Waals surface area contributed by atoms with Crippen LogP contribution >= 0.6 is 0 Å². The van der Waals surface area contributed by atoms with Crippen LogP contribution < -0.4 is 10.6 Å². The Balaban J connectivity index is 1.96. The molecule has 2 N–H and O–H groups in total. The van der Waals surface area contributed by atoms with E-state index in [0.29, 0.717) is 25.2 Å². The summed E-state index contributed by atoms with van der Waals surface area (Å²) in [5.74, 6) is 3.23. The predicted molar refractivity (Wildman–Crippen MR) is 114 cm³/mol. The molecule has 6 nitrogen and oxygen atoms in total. The van der Waals surface area contributed by atoms with Crippen LogP contribution in [0.4, 0.5) is 18.9 Å². The van der Waals surface area contributed by atoms with Gasteiger partial charge in [0.1, 0.15) is 5.92 Å². The van der Waals surface area contributed by atoms with Gasteiger partial charge in [0, 0.05) is 38.3 Å². The van der Waals surface area contributed by atoms with Crippen LogP contribution in [0.2, 0.25) is 0 Å². The summed E-state index contributed by atoms with van der Waals surface area (Å²) in [7, 11) is -3.75. The summed E-state index contributed by atoms with van der Waals surface area (Å²) in [5, 5.41) is 0. The van der Waals surface area contributed by atoms with E-state index in [1.807, 2.05) is 4.90 Å². The van der Waals surface area contributed by atoms with Gasteiger partial charge in [0.15, 0.2) is 0 Å². The summed E-state index contributed by atoms with van der Waals surface area (Å²) >= 11 is 0. The van der Waals surface area contributed by atoms with Crippen molar-refractivity contribution in [3.63, 3.8) is 0 Å². The second-order valence-corrected chi connectivity index (χ2v) is 9.46. The molecular formula is C21H28F3N3O3S. The van der Waals surface area contributed by atoms with Gasteiger partial charge in [0.25, 0.3) is 0 Å². The standard InChI is InChI=1S/C21H28F3N3O3S/c1-2-3-4-5-6-7-17(20(25)28)16-31(29,30)27-14-12-26(13-15-27)19-10-8-18(9-11-19)21(22,23)24/h8-11,17H,2-5,12-16H2,1H3,(H2,25,28). The highest BCUT2D eigenvalue weighted by atomic mass is 32.2. The fourth-order valence-corrected chi connectivity index (χ4v) is 4.85. The van der Waals surface area contributed by atoms with Crippen molar-refractivity contribution in [2.45, 2.75) is 38.8 Å². The van der Waals surface area contributed by atoms with Gasteiger partial charge >= 0.3 is 6.18 Å². The van der Waals surface area contributed by atoms with E-state index in [9.17, 15) is 26.4 Å². The van der Waals surface area contributed by atoms with Gasteiger partial charge in [-0.2, -0.15) is 17.5 Å². The van der Waals surface area contributed by atoms with Crippen LogP contribution in [0.1, 0.15) is 38.2 Å². The lowest BCUT2D eigenvalue weighted by Crippen LogP contribution is -2.50. The van der Waals surface area contributed by atoms with Gasteiger partial charge < -0.3 is 10.6 Å². The average Bonchev–Trinajstić information content (AvgIpc) is 2.72. The van der Waals surface area contributed by atoms with Crippen LogP contribution in [0.15, 0.2) is 24.3 Å². The molecular weight excluding hydrogens is 431 g/mol. The van der Waals surface area contributed by atoms with Crippen molar-refractivity contribution in [2.75, 3.05) is 36.8 Å². The summed E-state index contributed by atoms with van der Waals surface area (Å²) in [6, 6.07) is 4.78. The minimum Gasteiger partial charge on any atom is -0.369 e. The Labute approximate surface area is 181 Å². The first-order valence-electron chi connectivity index (χ1n) is 10.2. The predicted octanol–water partition coefficient (Wildman–Crippen LogP) is 2.84. The molecule has 0 spiro atoms. The largest absolute Gasteiger partial charge is 0.416 e. The fraction of sp³-hybridized carbons (Fsp3) is 0.571. The number of amides is 1. The van der Waals surface area contributed by atoms with E-state index in [1.165, 1.54) is 16.4 Å². The molecule has 31 heavy (non-hydrogen) atoms. The Morgan fingerprint density at radius 1 is 1.13 bits per heavy atom.